The summed E-state index contributed by atoms with van der Waals surface area (Å²) >= 11 is 5.83. The van der Waals surface area contributed by atoms with Gasteiger partial charge in [-0.1, -0.05) is 11.6 Å². The second kappa shape index (κ2) is 9.05. The highest BCUT2D eigenvalue weighted by Crippen LogP contribution is 2.29. The molecule has 0 aliphatic rings. The quantitative estimate of drug-likeness (QED) is 0.671. The van der Waals surface area contributed by atoms with Crippen LogP contribution in [0.15, 0.2) is 36.4 Å². The molecule has 1 atom stereocenters. The predicted molar refractivity (Wildman–Crippen MR) is 94.1 cm³/mol. The summed E-state index contributed by atoms with van der Waals surface area (Å²) in [5.74, 6) is -1.80. The largest absolute Gasteiger partial charge is 0.433 e. The van der Waals surface area contributed by atoms with E-state index in [4.69, 9.17) is 11.6 Å². The van der Waals surface area contributed by atoms with Gasteiger partial charge in [-0.05, 0) is 50.4 Å². The number of anilines is 1. The number of alkyl halides is 2. The molecule has 0 spiro atoms. The summed E-state index contributed by atoms with van der Waals surface area (Å²) in [7, 11) is 1.58. The van der Waals surface area contributed by atoms with E-state index in [1.54, 1.807) is 14.0 Å². The van der Waals surface area contributed by atoms with E-state index < -0.39 is 30.2 Å². The van der Waals surface area contributed by atoms with Crippen LogP contribution in [0.4, 0.5) is 23.2 Å². The number of carbonyl (C=O) groups excluding carboxylic acids is 1. The molecule has 1 unspecified atom stereocenters. The smallest absolute Gasteiger partial charge is 0.387 e. The molecule has 0 radical (unpaired) electrons. The highest BCUT2D eigenvalue weighted by molar-refractivity contribution is 6.32. The fraction of sp³-hybridized carbons (Fsp3) is 0.278. The molecule has 0 heterocycles. The number of ether oxygens (including phenoxy) is 1. The third-order valence-electron chi connectivity index (χ3n) is 3.89. The first kappa shape index (κ1) is 21.0. The van der Waals surface area contributed by atoms with Gasteiger partial charge in [0.25, 0.3) is 0 Å². The number of nitrogens with zero attached hydrogens (tertiary/aromatic N) is 1. The topological polar surface area (TPSA) is 41.6 Å². The number of hydrogen-bond acceptors (Lipinski definition) is 3. The number of amides is 1. The highest BCUT2D eigenvalue weighted by Gasteiger charge is 2.19. The van der Waals surface area contributed by atoms with Gasteiger partial charge in [-0.3, -0.25) is 9.69 Å². The average Bonchev–Trinajstić information content (AvgIpc) is 2.58. The molecule has 1 amide bonds. The van der Waals surface area contributed by atoms with Crippen LogP contribution in [0.3, 0.4) is 0 Å². The Labute approximate surface area is 158 Å². The summed E-state index contributed by atoms with van der Waals surface area (Å²) in [6, 6.07) is 6.40. The first-order valence-electron chi connectivity index (χ1n) is 7.86. The summed E-state index contributed by atoms with van der Waals surface area (Å²) in [5.41, 5.74) is 0.409. The van der Waals surface area contributed by atoms with Gasteiger partial charge in [-0.15, -0.1) is 0 Å². The van der Waals surface area contributed by atoms with Gasteiger partial charge in [0.1, 0.15) is 17.4 Å². The first-order valence-corrected chi connectivity index (χ1v) is 8.24. The lowest BCUT2D eigenvalue weighted by Gasteiger charge is -2.25. The van der Waals surface area contributed by atoms with Crippen molar-refractivity contribution in [1.29, 1.82) is 0 Å². The van der Waals surface area contributed by atoms with Crippen LogP contribution >= 0.6 is 11.6 Å². The van der Waals surface area contributed by atoms with Crippen LogP contribution < -0.4 is 10.1 Å². The molecule has 0 bridgehead atoms. The van der Waals surface area contributed by atoms with E-state index in [2.05, 4.69) is 10.1 Å². The molecule has 2 rings (SSSR count). The van der Waals surface area contributed by atoms with Gasteiger partial charge in [-0.2, -0.15) is 8.78 Å². The van der Waals surface area contributed by atoms with Crippen LogP contribution in [-0.2, 0) is 4.79 Å². The predicted octanol–water partition coefficient (Wildman–Crippen LogP) is 4.85. The molecule has 2 aromatic rings. The third kappa shape index (κ3) is 5.83. The van der Waals surface area contributed by atoms with Gasteiger partial charge in [0.2, 0.25) is 5.91 Å². The summed E-state index contributed by atoms with van der Waals surface area (Å²) in [5, 5.41) is 2.46. The lowest BCUT2D eigenvalue weighted by Crippen LogP contribution is -2.32. The average molecular weight is 405 g/mol. The molecule has 0 fully saturated rings. The molecule has 2 aromatic carbocycles. The molecule has 0 aliphatic heterocycles. The zero-order valence-corrected chi connectivity index (χ0v) is 15.2. The zero-order valence-electron chi connectivity index (χ0n) is 14.5. The lowest BCUT2D eigenvalue weighted by molar-refractivity contribution is -0.117. The Kier molecular flexibility index (Phi) is 7.04. The maximum Gasteiger partial charge on any atom is 0.387 e. The van der Waals surface area contributed by atoms with Crippen molar-refractivity contribution < 1.29 is 27.1 Å². The Bertz CT molecular complexity index is 820. The van der Waals surface area contributed by atoms with Crippen LogP contribution in [0.25, 0.3) is 0 Å². The van der Waals surface area contributed by atoms with E-state index in [0.717, 1.165) is 18.2 Å². The molecule has 0 aliphatic carbocycles. The number of likely N-dealkylation sites (N-methyl/N-ethyl adjacent to an activating group) is 1. The van der Waals surface area contributed by atoms with E-state index in [9.17, 15) is 22.4 Å². The lowest BCUT2D eigenvalue weighted by atomic mass is 10.1. The Morgan fingerprint density at radius 2 is 1.93 bits per heavy atom. The van der Waals surface area contributed by atoms with Crippen molar-refractivity contribution in [3.05, 3.63) is 58.6 Å². The molecule has 0 saturated heterocycles. The van der Waals surface area contributed by atoms with E-state index in [1.165, 1.54) is 23.1 Å². The molecule has 0 saturated carbocycles. The van der Waals surface area contributed by atoms with Gasteiger partial charge < -0.3 is 10.1 Å². The van der Waals surface area contributed by atoms with Gasteiger partial charge >= 0.3 is 6.61 Å². The molecular formula is C18H17ClF4N2O2. The van der Waals surface area contributed by atoms with Gasteiger partial charge in [0.15, 0.2) is 0 Å². The van der Waals surface area contributed by atoms with Crippen LogP contribution in [0.2, 0.25) is 5.02 Å². The van der Waals surface area contributed by atoms with Crippen LogP contribution in [0, 0.1) is 11.6 Å². The van der Waals surface area contributed by atoms with Crippen molar-refractivity contribution in [1.82, 2.24) is 4.90 Å². The van der Waals surface area contributed by atoms with Gasteiger partial charge in [-0.25, -0.2) is 8.78 Å². The summed E-state index contributed by atoms with van der Waals surface area (Å²) < 4.78 is 55.9. The molecule has 0 aromatic heterocycles. The van der Waals surface area contributed by atoms with E-state index >= 15 is 0 Å². The van der Waals surface area contributed by atoms with E-state index in [-0.39, 0.29) is 28.6 Å². The van der Waals surface area contributed by atoms with Gasteiger partial charge in [0, 0.05) is 17.3 Å². The number of hydrogen-bond donors (Lipinski definition) is 1. The first-order chi connectivity index (χ1) is 12.7. The molecule has 1 N–H and O–H groups in total. The van der Waals surface area contributed by atoms with Crippen molar-refractivity contribution in [3.8, 4) is 5.75 Å². The van der Waals surface area contributed by atoms with Crippen LogP contribution in [0.1, 0.15) is 18.5 Å². The molecule has 4 nitrogen and oxygen atoms in total. The second-order valence-corrected chi connectivity index (χ2v) is 6.24. The SMILES string of the molecule is CC(c1cc(F)ccc1F)N(C)CC(=O)Nc1ccc(OC(F)F)c(Cl)c1. The number of nitrogens with one attached hydrogen (secondary N) is 1. The molecule has 27 heavy (non-hydrogen) atoms. The standard InChI is InChI=1S/C18H17ClF4N2O2/c1-10(13-7-11(20)3-5-15(13)21)25(2)9-17(26)24-12-4-6-16(14(19)8-12)27-18(22)23/h3-8,10,18H,9H2,1-2H3,(H,24,26). The van der Waals surface area contributed by atoms with Crippen LogP contribution in [0.5, 0.6) is 5.75 Å². The number of rotatable bonds is 7. The van der Waals surface area contributed by atoms with Crippen molar-refractivity contribution in [3.63, 3.8) is 0 Å². The van der Waals surface area contributed by atoms with E-state index in [0.29, 0.717) is 0 Å². The Morgan fingerprint density at radius 1 is 1.22 bits per heavy atom. The summed E-state index contributed by atoms with van der Waals surface area (Å²) in [6.07, 6.45) is 0. The number of carbonyl (C=O) groups is 1. The van der Waals surface area contributed by atoms with Crippen molar-refractivity contribution in [2.24, 2.45) is 0 Å². The normalized spacial score (nSPS) is 12.3. The minimum Gasteiger partial charge on any atom is -0.433 e. The number of halogens is 5. The van der Waals surface area contributed by atoms with Gasteiger partial charge in [0.05, 0.1) is 11.6 Å². The van der Waals surface area contributed by atoms with E-state index in [1.807, 2.05) is 0 Å². The summed E-state index contributed by atoms with van der Waals surface area (Å²) in [4.78, 5) is 13.7. The van der Waals surface area contributed by atoms with Crippen LogP contribution in [-0.4, -0.2) is 31.0 Å². The summed E-state index contributed by atoms with van der Waals surface area (Å²) in [6.45, 7) is -1.50. The zero-order chi connectivity index (χ0) is 20.1. The van der Waals surface area contributed by atoms with Crippen molar-refractivity contribution >= 4 is 23.2 Å². The Morgan fingerprint density at radius 3 is 2.56 bits per heavy atom. The molecular weight excluding hydrogens is 388 g/mol. The minimum absolute atomic E-state index is 0.0864. The number of benzene rings is 2. The minimum atomic E-state index is -3.01. The second-order valence-electron chi connectivity index (χ2n) is 5.83. The maximum absolute atomic E-state index is 13.9. The Hall–Kier alpha value is -2.32. The fourth-order valence-electron chi connectivity index (χ4n) is 2.41. The molecule has 9 heteroatoms. The fourth-order valence-corrected chi connectivity index (χ4v) is 2.63. The highest BCUT2D eigenvalue weighted by atomic mass is 35.5. The monoisotopic (exact) mass is 404 g/mol. The molecule has 146 valence electrons. The Balaban J connectivity index is 2.00. The van der Waals surface area contributed by atoms with Crippen molar-refractivity contribution in [2.45, 2.75) is 19.6 Å². The maximum atomic E-state index is 13.9. The third-order valence-corrected chi connectivity index (χ3v) is 4.19. The van der Waals surface area contributed by atoms with Crippen molar-refractivity contribution in [2.75, 3.05) is 18.9 Å².